The highest BCUT2D eigenvalue weighted by molar-refractivity contribution is 6.00. The van der Waals surface area contributed by atoms with E-state index in [2.05, 4.69) is 260 Å². The molecule has 2 N–H and O–H groups in total. The number of aromatic amines is 2. The van der Waals surface area contributed by atoms with Crippen LogP contribution in [0.5, 0.6) is 46.0 Å². The monoisotopic (exact) mass is 1690 g/mol. The topological polar surface area (TPSA) is 179 Å². The molecule has 0 unspecified atom stereocenters. The number of H-pyrrole nitrogens is 2. The quantitative estimate of drug-likeness (QED) is 0.0475. The predicted molar refractivity (Wildman–Crippen MR) is 517 cm³/mol. The Kier molecular flexibility index (Phi) is 27.1. The van der Waals surface area contributed by atoms with Crippen LogP contribution >= 0.6 is 0 Å². The summed E-state index contributed by atoms with van der Waals surface area (Å²) in [6, 6.07) is 77.9. The molecule has 3 aromatic heterocycles. The Hall–Kier alpha value is -13.8. The maximum Gasteiger partial charge on any atom is 0.126 e. The highest BCUT2D eigenvalue weighted by Crippen LogP contribution is 2.48. The van der Waals surface area contributed by atoms with Gasteiger partial charge in [0.25, 0.3) is 0 Å². The first kappa shape index (κ1) is 86.3. The van der Waals surface area contributed by atoms with Gasteiger partial charge >= 0.3 is 0 Å². The van der Waals surface area contributed by atoms with Crippen LogP contribution in [0.15, 0.2) is 206 Å². The van der Waals surface area contributed by atoms with Gasteiger partial charge in [-0.2, -0.15) is 10.5 Å². The van der Waals surface area contributed by atoms with E-state index in [4.69, 9.17) is 47.9 Å². The first-order chi connectivity index (χ1) is 63.0. The number of nitriles is 2. The SMILES string of the molecule is CCCOc1c2cccc1Cc1cccc(c1OCCC)Cc1cc(-c3c4nc(c(-c5ccc(C#N)cc5)c5ccc([nH]5)c(-c5cc6c(OCCC)c(c5)Cc5cccc(c5OCCC)Cc5cccc(c5OCCC)Cc5cccc(c5OCCC)C6)c5nc(c(-c6ccc(C#N)cc6)c6ccc3[nH]6)C=C5)C=C4)cc(c1OCCC)Cc1cccc(c1OCCC)C2. The third-order valence-corrected chi connectivity index (χ3v) is 24.1. The molecular formula is C114H112N6O8. The molecule has 0 amide bonds. The predicted octanol–water partition coefficient (Wildman–Crippen LogP) is 26.7. The van der Waals surface area contributed by atoms with Crippen molar-refractivity contribution >= 4 is 46.4 Å². The smallest absolute Gasteiger partial charge is 0.126 e. The molecule has 646 valence electrons. The van der Waals surface area contributed by atoms with Crippen molar-refractivity contribution in [1.82, 2.24) is 19.9 Å². The minimum atomic E-state index is 0.470. The molecule has 0 radical (unpaired) electrons. The molecule has 5 heterocycles. The maximum absolute atomic E-state index is 10.5. The van der Waals surface area contributed by atoms with Gasteiger partial charge in [-0.25, -0.2) is 9.97 Å². The summed E-state index contributed by atoms with van der Waals surface area (Å²) in [4.78, 5) is 20.1. The molecule has 0 atom stereocenters. The number of nitrogens with zero attached hydrogens (tertiary/aromatic N) is 4. The van der Waals surface area contributed by atoms with Gasteiger partial charge in [-0.3, -0.25) is 0 Å². The van der Waals surface area contributed by atoms with Crippen LogP contribution in [0.2, 0.25) is 0 Å². The van der Waals surface area contributed by atoms with Gasteiger partial charge in [0, 0.05) is 95.7 Å². The Morgan fingerprint density at radius 2 is 0.414 bits per heavy atom. The van der Waals surface area contributed by atoms with Crippen LogP contribution < -0.4 is 37.9 Å². The second-order valence-electron chi connectivity index (χ2n) is 33.8. The number of benzene rings is 10. The Morgan fingerprint density at radius 1 is 0.234 bits per heavy atom. The lowest BCUT2D eigenvalue weighted by Gasteiger charge is -2.23. The Labute approximate surface area is 752 Å². The fourth-order valence-electron chi connectivity index (χ4n) is 18.4. The lowest BCUT2D eigenvalue weighted by molar-refractivity contribution is 0.304. The van der Waals surface area contributed by atoms with Gasteiger partial charge in [0.1, 0.15) is 46.0 Å². The first-order valence-electron chi connectivity index (χ1n) is 46.2. The third-order valence-electron chi connectivity index (χ3n) is 24.1. The van der Waals surface area contributed by atoms with E-state index < -0.39 is 0 Å². The molecule has 128 heavy (non-hydrogen) atoms. The van der Waals surface area contributed by atoms with Crippen LogP contribution in [-0.2, 0) is 51.4 Å². The van der Waals surface area contributed by atoms with Gasteiger partial charge in [-0.1, -0.05) is 189 Å². The van der Waals surface area contributed by atoms with Gasteiger partial charge in [0.2, 0.25) is 0 Å². The third kappa shape index (κ3) is 18.4. The zero-order valence-electron chi connectivity index (χ0n) is 75.0. The number of hydrogen-bond donors (Lipinski definition) is 2. The summed E-state index contributed by atoms with van der Waals surface area (Å²) in [5.41, 5.74) is 30.8. The highest BCUT2D eigenvalue weighted by atomic mass is 16.5. The molecule has 0 saturated heterocycles. The van der Waals surface area contributed by atoms with Gasteiger partial charge < -0.3 is 47.9 Å². The van der Waals surface area contributed by atoms with Crippen LogP contribution in [0.1, 0.15) is 230 Å². The molecule has 4 aliphatic rings. The minimum Gasteiger partial charge on any atom is -0.493 e. The number of rotatable bonds is 28. The van der Waals surface area contributed by atoms with E-state index in [1.165, 1.54) is 0 Å². The molecule has 13 aromatic rings. The summed E-state index contributed by atoms with van der Waals surface area (Å²) < 4.78 is 56.4. The maximum atomic E-state index is 10.5. The number of aromatic nitrogens is 4. The standard InChI is InChI=1S/C114H112N6O8/c1-9-51-121-107-77-23-17-24-78(107)60-82-28-20-32-86(110(82)124-54-12-4)64-92-68-89(67-91(113(92)127-57-15-7)63-85-31-19-27-81(59-77)109(85)123-53-11-3)105-99-47-43-95(117-99)103(75-39-35-73(71-115)36-40-75)97-45-49-101(119-97)106(102-50-46-98(120-102)104(96-44-48-100(105)118-96)76-41-37-74(72-116)38-42-76)90-69-93-65-87-33-21-29-83(111(87)125-55-13-5)61-79-25-18-26-80(108(79)122-52-10-2)62-84-30-22-34-88(112(84)126-56-14-6)66-94(70-90)114(93)128-58-16-8/h17-50,67-70,117,120H,9-16,51-66H2,1-8H3. The van der Waals surface area contributed by atoms with E-state index in [1.807, 2.05) is 48.5 Å². The summed E-state index contributed by atoms with van der Waals surface area (Å²) in [6.07, 6.45) is 19.4. The number of ether oxygens (including phenoxy) is 8. The van der Waals surface area contributed by atoms with Crippen LogP contribution in [0.4, 0.5) is 0 Å². The van der Waals surface area contributed by atoms with E-state index in [9.17, 15) is 10.5 Å². The summed E-state index contributed by atoms with van der Waals surface area (Å²) in [7, 11) is 0. The largest absolute Gasteiger partial charge is 0.493 e. The lowest BCUT2D eigenvalue weighted by atomic mass is 9.89. The zero-order valence-corrected chi connectivity index (χ0v) is 75.0. The van der Waals surface area contributed by atoms with E-state index in [1.54, 1.807) is 0 Å². The van der Waals surface area contributed by atoms with Crippen LogP contribution in [0.3, 0.4) is 0 Å². The molecule has 14 nitrogen and oxygen atoms in total. The van der Waals surface area contributed by atoms with Crippen molar-refractivity contribution in [1.29, 1.82) is 10.5 Å². The molecule has 2 aliphatic heterocycles. The van der Waals surface area contributed by atoms with Crippen molar-refractivity contribution in [3.05, 3.63) is 329 Å². The van der Waals surface area contributed by atoms with E-state index in [0.29, 0.717) is 127 Å². The molecule has 0 fully saturated rings. The van der Waals surface area contributed by atoms with Gasteiger partial charge in [-0.15, -0.1) is 0 Å². The minimum absolute atomic E-state index is 0.470. The van der Waals surface area contributed by atoms with Crippen LogP contribution in [0.25, 0.3) is 90.9 Å². The van der Waals surface area contributed by atoms with Crippen molar-refractivity contribution in [2.75, 3.05) is 52.9 Å². The highest BCUT2D eigenvalue weighted by Gasteiger charge is 2.30. The zero-order chi connectivity index (χ0) is 88.0. The number of hydrogen-bond acceptors (Lipinski definition) is 12. The van der Waals surface area contributed by atoms with Crippen LogP contribution in [0, 0.1) is 22.7 Å². The summed E-state index contributed by atoms with van der Waals surface area (Å²) >= 11 is 0. The average molecular weight is 1690 g/mol. The molecular weight excluding hydrogens is 1580 g/mol. The Bertz CT molecular complexity index is 6010. The second kappa shape index (κ2) is 40.2. The average Bonchev–Trinajstić information content (AvgIpc) is 1.47. The first-order valence-corrected chi connectivity index (χ1v) is 46.2. The van der Waals surface area contributed by atoms with E-state index in [-0.39, 0.29) is 0 Å². The summed E-state index contributed by atoms with van der Waals surface area (Å²) in [5.74, 6) is 6.91. The fraction of sp³-hybridized carbons (Fsp3) is 0.281. The summed E-state index contributed by atoms with van der Waals surface area (Å²) in [6.45, 7) is 21.6. The molecule has 0 saturated carbocycles. The van der Waals surface area contributed by atoms with Gasteiger partial charge in [0.05, 0.1) is 98.9 Å². The van der Waals surface area contributed by atoms with Crippen LogP contribution in [-0.4, -0.2) is 72.8 Å². The van der Waals surface area contributed by atoms with Crippen molar-refractivity contribution in [3.63, 3.8) is 0 Å². The van der Waals surface area contributed by atoms with E-state index in [0.717, 1.165) is 264 Å². The Morgan fingerprint density at radius 3 is 0.602 bits per heavy atom. The van der Waals surface area contributed by atoms with Crippen molar-refractivity contribution in [3.8, 4) is 103 Å². The van der Waals surface area contributed by atoms with Gasteiger partial charge in [-0.05, 0) is 260 Å². The molecule has 14 heteroatoms. The summed E-state index contributed by atoms with van der Waals surface area (Å²) in [5, 5.41) is 20.9. The van der Waals surface area contributed by atoms with Crippen molar-refractivity contribution < 1.29 is 37.9 Å². The molecule has 17 rings (SSSR count). The van der Waals surface area contributed by atoms with Gasteiger partial charge in [0.15, 0.2) is 0 Å². The lowest BCUT2D eigenvalue weighted by Crippen LogP contribution is -2.10. The normalized spacial score (nSPS) is 12.5. The van der Waals surface area contributed by atoms with Crippen molar-refractivity contribution in [2.45, 2.75) is 158 Å². The molecule has 10 aromatic carbocycles. The molecule has 0 spiro atoms. The number of fused-ring (bicyclic) bond motifs is 24. The van der Waals surface area contributed by atoms with Crippen molar-refractivity contribution in [2.24, 2.45) is 0 Å². The number of para-hydroxylation sites is 6. The molecule has 24 bridgehead atoms. The fourth-order valence-corrected chi connectivity index (χ4v) is 18.4. The Balaban J connectivity index is 0.950. The second-order valence-corrected chi connectivity index (χ2v) is 33.8. The number of nitrogens with one attached hydrogen (secondary N) is 2. The molecule has 2 aliphatic carbocycles. The van der Waals surface area contributed by atoms with E-state index >= 15 is 0 Å².